The second-order valence-corrected chi connectivity index (χ2v) is 4.70. The fraction of sp³-hybridized carbons (Fsp3) is 0.615. The molecule has 0 N–H and O–H groups in total. The molecular formula is C13H19NO4. The van der Waals surface area contributed by atoms with Gasteiger partial charge in [0, 0.05) is 24.4 Å². The van der Waals surface area contributed by atoms with Crippen molar-refractivity contribution < 1.29 is 18.9 Å². The first-order chi connectivity index (χ1) is 8.53. The van der Waals surface area contributed by atoms with E-state index in [1.54, 1.807) is 7.11 Å². The molecule has 1 aromatic heterocycles. The normalized spacial score (nSPS) is 18.0. The summed E-state index contributed by atoms with van der Waals surface area (Å²) in [6.45, 7) is 6.82. The van der Waals surface area contributed by atoms with E-state index in [2.05, 4.69) is 4.98 Å². The molecule has 0 bridgehead atoms. The Kier molecular flexibility index (Phi) is 3.85. The van der Waals surface area contributed by atoms with E-state index in [1.807, 2.05) is 27.0 Å². The number of aromatic nitrogens is 1. The topological polar surface area (TPSA) is 49.8 Å². The van der Waals surface area contributed by atoms with Gasteiger partial charge < -0.3 is 18.9 Å². The average molecular weight is 253 g/mol. The summed E-state index contributed by atoms with van der Waals surface area (Å²) in [5.74, 6) is 0.140. The first kappa shape index (κ1) is 13.3. The Morgan fingerprint density at radius 1 is 1.33 bits per heavy atom. The monoisotopic (exact) mass is 253 g/mol. The second kappa shape index (κ2) is 5.22. The Morgan fingerprint density at radius 3 is 2.78 bits per heavy atom. The molecule has 0 radical (unpaired) electrons. The van der Waals surface area contributed by atoms with Crippen LogP contribution in [0.15, 0.2) is 6.20 Å². The van der Waals surface area contributed by atoms with Crippen molar-refractivity contribution in [3.63, 3.8) is 0 Å². The molecule has 0 unspecified atom stereocenters. The number of fused-ring (bicyclic) bond motifs is 1. The van der Waals surface area contributed by atoms with Gasteiger partial charge in [0.2, 0.25) is 0 Å². The van der Waals surface area contributed by atoms with Crippen molar-refractivity contribution in [3.05, 3.63) is 23.0 Å². The number of hydrogen-bond donors (Lipinski definition) is 0. The second-order valence-electron chi connectivity index (χ2n) is 4.70. The Labute approximate surface area is 107 Å². The zero-order valence-corrected chi connectivity index (χ0v) is 11.3. The minimum atomic E-state index is -0.592. The van der Waals surface area contributed by atoms with Crippen molar-refractivity contribution >= 4 is 0 Å². The van der Waals surface area contributed by atoms with Crippen LogP contribution in [-0.2, 0) is 27.4 Å². The van der Waals surface area contributed by atoms with Gasteiger partial charge in [-0.05, 0) is 20.8 Å². The van der Waals surface area contributed by atoms with Crippen LogP contribution in [0.2, 0.25) is 0 Å². The molecule has 0 saturated carbocycles. The van der Waals surface area contributed by atoms with Crippen LogP contribution < -0.4 is 4.74 Å². The smallest absolute Gasteiger partial charge is 0.188 e. The molecule has 0 amide bonds. The summed E-state index contributed by atoms with van der Waals surface area (Å²) in [5, 5.41) is 0. The number of hydrogen-bond acceptors (Lipinski definition) is 5. The molecule has 18 heavy (non-hydrogen) atoms. The molecule has 0 atom stereocenters. The average Bonchev–Trinajstić information content (AvgIpc) is 2.48. The summed E-state index contributed by atoms with van der Waals surface area (Å²) < 4.78 is 21.9. The summed E-state index contributed by atoms with van der Waals surface area (Å²) in [6, 6.07) is 0. The summed E-state index contributed by atoms with van der Waals surface area (Å²) in [4.78, 5) is 4.32. The van der Waals surface area contributed by atoms with Gasteiger partial charge in [-0.3, -0.25) is 4.98 Å². The van der Waals surface area contributed by atoms with Crippen LogP contribution in [0, 0.1) is 6.92 Å². The number of methoxy groups -OCH3 is 1. The van der Waals surface area contributed by atoms with Crippen molar-refractivity contribution in [2.24, 2.45) is 0 Å². The maximum absolute atomic E-state index is 5.72. The number of aryl methyl sites for hydroxylation is 1. The highest BCUT2D eigenvalue weighted by Gasteiger charge is 2.26. The first-order valence-electron chi connectivity index (χ1n) is 5.90. The molecule has 1 aliphatic rings. The third-order valence-corrected chi connectivity index (χ3v) is 2.86. The number of ether oxygens (including phenoxy) is 4. The highest BCUT2D eigenvalue weighted by atomic mass is 16.7. The molecular weight excluding hydrogens is 234 g/mol. The Balaban J connectivity index is 2.32. The lowest BCUT2D eigenvalue weighted by Crippen LogP contribution is -2.25. The van der Waals surface area contributed by atoms with E-state index in [0.29, 0.717) is 13.2 Å². The summed E-state index contributed by atoms with van der Waals surface area (Å²) in [6.07, 6.45) is 1.81. The summed E-state index contributed by atoms with van der Waals surface area (Å²) in [7, 11) is 1.59. The van der Waals surface area contributed by atoms with Gasteiger partial charge in [0.15, 0.2) is 12.6 Å². The van der Waals surface area contributed by atoms with E-state index in [9.17, 15) is 0 Å². The van der Waals surface area contributed by atoms with E-state index in [1.165, 1.54) is 0 Å². The van der Waals surface area contributed by atoms with E-state index in [0.717, 1.165) is 22.6 Å². The molecule has 2 rings (SSSR count). The lowest BCUT2D eigenvalue weighted by Gasteiger charge is -2.22. The molecule has 5 heteroatoms. The molecule has 5 nitrogen and oxygen atoms in total. The SMILES string of the molecule is COCOc1c(C)ncc2c1COC(C)(C)OC2. The zero-order valence-electron chi connectivity index (χ0n) is 11.3. The zero-order chi connectivity index (χ0) is 13.2. The largest absolute Gasteiger partial charge is 0.465 e. The van der Waals surface area contributed by atoms with Crippen molar-refractivity contribution in [1.29, 1.82) is 0 Å². The third-order valence-electron chi connectivity index (χ3n) is 2.86. The van der Waals surface area contributed by atoms with Gasteiger partial charge in [-0.2, -0.15) is 0 Å². The molecule has 0 saturated heterocycles. The van der Waals surface area contributed by atoms with Crippen LogP contribution >= 0.6 is 0 Å². The summed E-state index contributed by atoms with van der Waals surface area (Å²) in [5.41, 5.74) is 2.82. The van der Waals surface area contributed by atoms with E-state index in [-0.39, 0.29) is 6.79 Å². The quantitative estimate of drug-likeness (QED) is 0.772. The summed E-state index contributed by atoms with van der Waals surface area (Å²) >= 11 is 0. The van der Waals surface area contributed by atoms with Crippen LogP contribution in [0.1, 0.15) is 30.7 Å². The van der Waals surface area contributed by atoms with Gasteiger partial charge in [-0.25, -0.2) is 0 Å². The lowest BCUT2D eigenvalue weighted by atomic mass is 10.1. The predicted molar refractivity (Wildman–Crippen MR) is 65.1 cm³/mol. The number of pyridine rings is 1. The number of rotatable bonds is 3. The first-order valence-corrected chi connectivity index (χ1v) is 5.90. The molecule has 0 fully saturated rings. The number of nitrogens with zero attached hydrogens (tertiary/aromatic N) is 1. The standard InChI is InChI=1S/C13H19NO4/c1-9-12(16-8-15-4)11-7-18-13(2,3)17-6-10(11)5-14-9/h5H,6-8H2,1-4H3. The molecule has 0 aliphatic carbocycles. The Bertz CT molecular complexity index is 431. The molecule has 0 spiro atoms. The van der Waals surface area contributed by atoms with Gasteiger partial charge in [0.25, 0.3) is 0 Å². The third kappa shape index (κ3) is 2.80. The van der Waals surface area contributed by atoms with Crippen LogP contribution in [0.25, 0.3) is 0 Å². The molecule has 2 heterocycles. The van der Waals surface area contributed by atoms with E-state index >= 15 is 0 Å². The van der Waals surface area contributed by atoms with Crippen LogP contribution in [-0.4, -0.2) is 24.7 Å². The molecule has 1 aliphatic heterocycles. The highest BCUT2D eigenvalue weighted by Crippen LogP contribution is 2.31. The highest BCUT2D eigenvalue weighted by molar-refractivity contribution is 5.41. The van der Waals surface area contributed by atoms with Gasteiger partial charge in [-0.15, -0.1) is 0 Å². The van der Waals surface area contributed by atoms with E-state index < -0.39 is 5.79 Å². The van der Waals surface area contributed by atoms with Gasteiger partial charge >= 0.3 is 0 Å². The lowest BCUT2D eigenvalue weighted by molar-refractivity contribution is -0.219. The van der Waals surface area contributed by atoms with Crippen LogP contribution in [0.5, 0.6) is 5.75 Å². The van der Waals surface area contributed by atoms with Crippen LogP contribution in [0.3, 0.4) is 0 Å². The maximum Gasteiger partial charge on any atom is 0.188 e. The Morgan fingerprint density at radius 2 is 2.06 bits per heavy atom. The Hall–Kier alpha value is -1.17. The fourth-order valence-electron chi connectivity index (χ4n) is 1.81. The van der Waals surface area contributed by atoms with Crippen molar-refractivity contribution in [2.75, 3.05) is 13.9 Å². The minimum absolute atomic E-state index is 0.198. The van der Waals surface area contributed by atoms with E-state index in [4.69, 9.17) is 18.9 Å². The van der Waals surface area contributed by atoms with Gasteiger partial charge in [0.05, 0.1) is 18.9 Å². The van der Waals surface area contributed by atoms with Crippen molar-refractivity contribution in [1.82, 2.24) is 4.98 Å². The van der Waals surface area contributed by atoms with Gasteiger partial charge in [-0.1, -0.05) is 0 Å². The molecule has 100 valence electrons. The minimum Gasteiger partial charge on any atom is -0.465 e. The maximum atomic E-state index is 5.72. The van der Waals surface area contributed by atoms with Crippen molar-refractivity contribution in [2.45, 2.75) is 39.8 Å². The molecule has 1 aromatic rings. The predicted octanol–water partition coefficient (Wildman–Crippen LogP) is 2.16. The van der Waals surface area contributed by atoms with Crippen molar-refractivity contribution in [3.8, 4) is 5.75 Å². The van der Waals surface area contributed by atoms with Gasteiger partial charge in [0.1, 0.15) is 5.75 Å². The fourth-order valence-corrected chi connectivity index (χ4v) is 1.81. The molecule has 0 aromatic carbocycles. The van der Waals surface area contributed by atoms with Crippen LogP contribution in [0.4, 0.5) is 0 Å².